The Hall–Kier alpha value is -0.140. The first kappa shape index (κ1) is 15.9. The van der Waals surface area contributed by atoms with Gasteiger partial charge in [0.1, 0.15) is 0 Å². The molecule has 1 aliphatic heterocycles. The number of piperazine rings is 1. The molecule has 1 aliphatic rings. The van der Waals surface area contributed by atoms with Gasteiger partial charge in [0.25, 0.3) is 0 Å². The Kier molecular flexibility index (Phi) is 6.07. The Balaban J connectivity index is 0.00000162. The largest absolute Gasteiger partial charge is 0.314 e. The minimum absolute atomic E-state index is 0. The van der Waals surface area contributed by atoms with Crippen molar-refractivity contribution >= 4 is 33.8 Å². The van der Waals surface area contributed by atoms with Gasteiger partial charge in [-0.15, -0.1) is 23.7 Å². The monoisotopic (exact) mass is 310 g/mol. The van der Waals surface area contributed by atoms with Crippen molar-refractivity contribution in [1.82, 2.24) is 9.62 Å². The molecule has 104 valence electrons. The zero-order valence-electron chi connectivity index (χ0n) is 10.3. The first-order valence-electron chi connectivity index (χ1n) is 5.82. The van der Waals surface area contributed by atoms with Gasteiger partial charge in [-0.2, -0.15) is 4.31 Å². The minimum atomic E-state index is -3.11. The topological polar surface area (TPSA) is 49.4 Å². The minimum Gasteiger partial charge on any atom is -0.314 e. The Morgan fingerprint density at radius 3 is 2.94 bits per heavy atom. The normalized spacial score (nSPS) is 21.5. The third-order valence-electron chi connectivity index (χ3n) is 2.98. The van der Waals surface area contributed by atoms with Crippen molar-refractivity contribution in [3.63, 3.8) is 0 Å². The van der Waals surface area contributed by atoms with Gasteiger partial charge in [-0.1, -0.05) is 6.07 Å². The van der Waals surface area contributed by atoms with Gasteiger partial charge < -0.3 is 5.32 Å². The van der Waals surface area contributed by atoms with E-state index in [1.54, 1.807) is 15.6 Å². The van der Waals surface area contributed by atoms with Crippen LogP contribution in [0.3, 0.4) is 0 Å². The van der Waals surface area contributed by atoms with Crippen molar-refractivity contribution in [2.45, 2.75) is 19.4 Å². The number of hydrogen-bond donors (Lipinski definition) is 1. The van der Waals surface area contributed by atoms with E-state index >= 15 is 0 Å². The van der Waals surface area contributed by atoms with Gasteiger partial charge in [0.05, 0.1) is 5.75 Å². The Labute approximate surface area is 119 Å². The smallest absolute Gasteiger partial charge is 0.214 e. The molecule has 0 saturated carbocycles. The maximum Gasteiger partial charge on any atom is 0.214 e. The fourth-order valence-electron chi connectivity index (χ4n) is 2.04. The molecule has 1 fully saturated rings. The van der Waals surface area contributed by atoms with E-state index in [1.165, 1.54) is 0 Å². The summed E-state index contributed by atoms with van der Waals surface area (Å²) in [6.07, 6.45) is 0.622. The second-order valence-electron chi connectivity index (χ2n) is 4.31. The fraction of sp³-hybridized carbons (Fsp3) is 0.636. The predicted octanol–water partition coefficient (Wildman–Crippen LogP) is 1.34. The second-order valence-corrected chi connectivity index (χ2v) is 7.38. The van der Waals surface area contributed by atoms with Crippen LogP contribution in [0.25, 0.3) is 0 Å². The predicted molar refractivity (Wildman–Crippen MR) is 78.1 cm³/mol. The van der Waals surface area contributed by atoms with Gasteiger partial charge >= 0.3 is 0 Å². The number of aryl methyl sites for hydroxylation is 1. The molecule has 18 heavy (non-hydrogen) atoms. The van der Waals surface area contributed by atoms with Gasteiger partial charge in [0, 0.05) is 30.6 Å². The molecule has 2 heterocycles. The molecular formula is C11H19ClN2O2S2. The molecule has 0 unspecified atom stereocenters. The number of halogens is 1. The van der Waals surface area contributed by atoms with Gasteiger partial charge in [0.15, 0.2) is 0 Å². The maximum atomic E-state index is 12.2. The lowest BCUT2D eigenvalue weighted by Crippen LogP contribution is -2.52. The third kappa shape index (κ3) is 3.93. The van der Waals surface area contributed by atoms with Crippen LogP contribution >= 0.6 is 23.7 Å². The Morgan fingerprint density at radius 2 is 2.33 bits per heavy atom. The summed E-state index contributed by atoms with van der Waals surface area (Å²) in [6, 6.07) is 4.01. The number of thiophene rings is 1. The van der Waals surface area contributed by atoms with E-state index in [0.29, 0.717) is 13.0 Å². The molecule has 0 amide bonds. The Morgan fingerprint density at radius 1 is 1.56 bits per heavy atom. The van der Waals surface area contributed by atoms with Crippen molar-refractivity contribution in [2.24, 2.45) is 0 Å². The summed E-state index contributed by atoms with van der Waals surface area (Å²) >= 11 is 1.62. The molecular weight excluding hydrogens is 292 g/mol. The summed E-state index contributed by atoms with van der Waals surface area (Å²) in [5, 5.41) is 5.18. The van der Waals surface area contributed by atoms with E-state index in [1.807, 2.05) is 24.4 Å². The summed E-state index contributed by atoms with van der Waals surface area (Å²) in [5.41, 5.74) is 0. The molecule has 2 rings (SSSR count). The van der Waals surface area contributed by atoms with Crippen molar-refractivity contribution in [3.8, 4) is 0 Å². The SMILES string of the molecule is C[C@H]1CNCCN1S(=O)(=O)CCc1cccs1.Cl. The fourth-order valence-corrected chi connectivity index (χ4v) is 4.58. The molecule has 1 saturated heterocycles. The number of nitrogens with one attached hydrogen (secondary N) is 1. The van der Waals surface area contributed by atoms with E-state index in [4.69, 9.17) is 0 Å². The molecule has 7 heteroatoms. The molecule has 1 N–H and O–H groups in total. The molecule has 1 aromatic rings. The van der Waals surface area contributed by atoms with Crippen LogP contribution in [0.4, 0.5) is 0 Å². The first-order chi connectivity index (χ1) is 8.09. The zero-order chi connectivity index (χ0) is 12.3. The maximum absolute atomic E-state index is 12.2. The summed E-state index contributed by atoms with van der Waals surface area (Å²) in [4.78, 5) is 1.14. The van der Waals surface area contributed by atoms with Gasteiger partial charge in [-0.05, 0) is 24.8 Å². The van der Waals surface area contributed by atoms with Crippen LogP contribution in [0.1, 0.15) is 11.8 Å². The summed E-state index contributed by atoms with van der Waals surface area (Å²) in [6.45, 7) is 4.05. The van der Waals surface area contributed by atoms with Crippen LogP contribution in [0, 0.1) is 0 Å². The summed E-state index contributed by atoms with van der Waals surface area (Å²) in [7, 11) is -3.11. The van der Waals surface area contributed by atoms with E-state index in [-0.39, 0.29) is 24.2 Å². The summed E-state index contributed by atoms with van der Waals surface area (Å²) < 4.78 is 26.0. The number of hydrogen-bond acceptors (Lipinski definition) is 4. The third-order valence-corrected chi connectivity index (χ3v) is 5.90. The van der Waals surface area contributed by atoms with Crippen LogP contribution in [0.2, 0.25) is 0 Å². The molecule has 0 aromatic carbocycles. The van der Waals surface area contributed by atoms with Crippen LogP contribution in [-0.2, 0) is 16.4 Å². The highest BCUT2D eigenvalue weighted by atomic mass is 35.5. The van der Waals surface area contributed by atoms with Crippen molar-refractivity contribution in [1.29, 1.82) is 0 Å². The van der Waals surface area contributed by atoms with E-state index in [2.05, 4.69) is 5.32 Å². The van der Waals surface area contributed by atoms with Crippen LogP contribution in [-0.4, -0.2) is 44.2 Å². The van der Waals surface area contributed by atoms with E-state index in [0.717, 1.165) is 18.0 Å². The first-order valence-corrected chi connectivity index (χ1v) is 8.31. The summed E-state index contributed by atoms with van der Waals surface area (Å²) in [5.74, 6) is 0.220. The van der Waals surface area contributed by atoms with Gasteiger partial charge in [-0.3, -0.25) is 0 Å². The number of nitrogens with zero attached hydrogens (tertiary/aromatic N) is 1. The molecule has 0 radical (unpaired) electrons. The second kappa shape index (κ2) is 6.86. The molecule has 1 aromatic heterocycles. The molecule has 0 aliphatic carbocycles. The van der Waals surface area contributed by atoms with Gasteiger partial charge in [-0.25, -0.2) is 8.42 Å². The average molecular weight is 311 g/mol. The highest BCUT2D eigenvalue weighted by Gasteiger charge is 2.28. The number of rotatable bonds is 4. The highest BCUT2D eigenvalue weighted by molar-refractivity contribution is 7.89. The van der Waals surface area contributed by atoms with Crippen molar-refractivity contribution < 1.29 is 8.42 Å². The van der Waals surface area contributed by atoms with Crippen LogP contribution in [0.5, 0.6) is 0 Å². The van der Waals surface area contributed by atoms with E-state index < -0.39 is 10.0 Å². The van der Waals surface area contributed by atoms with Crippen molar-refractivity contribution in [3.05, 3.63) is 22.4 Å². The van der Waals surface area contributed by atoms with Crippen LogP contribution in [0.15, 0.2) is 17.5 Å². The lowest BCUT2D eigenvalue weighted by Gasteiger charge is -2.32. The zero-order valence-corrected chi connectivity index (χ0v) is 12.8. The highest BCUT2D eigenvalue weighted by Crippen LogP contribution is 2.14. The Bertz CT molecular complexity index is 448. The molecule has 4 nitrogen and oxygen atoms in total. The van der Waals surface area contributed by atoms with Crippen molar-refractivity contribution in [2.75, 3.05) is 25.4 Å². The lowest BCUT2D eigenvalue weighted by atomic mass is 10.3. The quantitative estimate of drug-likeness (QED) is 0.913. The number of sulfonamides is 1. The molecule has 1 atom stereocenters. The lowest BCUT2D eigenvalue weighted by molar-refractivity contribution is 0.284. The average Bonchev–Trinajstić information content (AvgIpc) is 2.80. The van der Waals surface area contributed by atoms with E-state index in [9.17, 15) is 8.42 Å². The molecule has 0 bridgehead atoms. The van der Waals surface area contributed by atoms with Gasteiger partial charge in [0.2, 0.25) is 10.0 Å². The standard InChI is InChI=1S/C11H18N2O2S2.ClH/c1-10-9-12-5-6-13(10)17(14,15)8-4-11-3-2-7-16-11;/h2-3,7,10,12H,4-6,8-9H2,1H3;1H/t10-;/m0./s1. The van der Waals surface area contributed by atoms with Crippen LogP contribution < -0.4 is 5.32 Å². The molecule has 0 spiro atoms.